The first kappa shape index (κ1) is 18.7. The van der Waals surface area contributed by atoms with Crippen LogP contribution in [0.2, 0.25) is 5.02 Å². The maximum atomic E-state index is 12.4. The van der Waals surface area contributed by atoms with E-state index in [1.807, 2.05) is 0 Å². The molecule has 138 valence electrons. The molecule has 1 aliphatic carbocycles. The summed E-state index contributed by atoms with van der Waals surface area (Å²) in [7, 11) is -3.34. The highest BCUT2D eigenvalue weighted by Crippen LogP contribution is 2.36. The molecule has 1 saturated carbocycles. The number of carbonyl (C=O) groups is 1. The summed E-state index contributed by atoms with van der Waals surface area (Å²) in [6.07, 6.45) is 7.55. The number of hydrogen-bond donors (Lipinski definition) is 1. The monoisotopic (exact) mass is 384 g/mol. The summed E-state index contributed by atoms with van der Waals surface area (Å²) in [5, 5.41) is 3.10. The minimum atomic E-state index is -3.34. The average Bonchev–Trinajstić information content (AvgIpc) is 2.55. The summed E-state index contributed by atoms with van der Waals surface area (Å²) in [5.74, 6) is 1.39. The molecule has 0 spiro atoms. The van der Waals surface area contributed by atoms with Crippen LogP contribution in [0.25, 0.3) is 0 Å². The van der Waals surface area contributed by atoms with Gasteiger partial charge in [0.05, 0.1) is 22.2 Å². The molecule has 5 nitrogen and oxygen atoms in total. The number of benzene rings is 1. The van der Waals surface area contributed by atoms with E-state index in [1.165, 1.54) is 50.3 Å². The van der Waals surface area contributed by atoms with Crippen LogP contribution in [0, 0.1) is 11.8 Å². The van der Waals surface area contributed by atoms with E-state index >= 15 is 0 Å². The highest BCUT2D eigenvalue weighted by molar-refractivity contribution is 7.90. The summed E-state index contributed by atoms with van der Waals surface area (Å²) >= 11 is 6.10. The van der Waals surface area contributed by atoms with Crippen LogP contribution < -0.4 is 5.32 Å². The molecule has 0 aromatic heterocycles. The lowest BCUT2D eigenvalue weighted by Crippen LogP contribution is -2.44. The van der Waals surface area contributed by atoms with Gasteiger partial charge in [-0.05, 0) is 49.4 Å². The van der Waals surface area contributed by atoms with Crippen LogP contribution in [0.15, 0.2) is 23.1 Å². The first-order valence-electron chi connectivity index (χ1n) is 8.85. The number of amides is 1. The fourth-order valence-electron chi connectivity index (χ4n) is 4.04. The normalized spacial score (nSPS) is 24.6. The van der Waals surface area contributed by atoms with Gasteiger partial charge in [0.2, 0.25) is 5.91 Å². The van der Waals surface area contributed by atoms with Crippen LogP contribution in [0.1, 0.15) is 32.1 Å². The number of rotatable bonds is 4. The highest BCUT2D eigenvalue weighted by Gasteiger charge is 2.31. The molecule has 1 aromatic carbocycles. The lowest BCUT2D eigenvalue weighted by Gasteiger charge is -2.41. The second-order valence-corrected chi connectivity index (χ2v) is 9.71. The van der Waals surface area contributed by atoms with Crippen molar-refractivity contribution in [2.75, 3.05) is 31.2 Å². The number of carbonyl (C=O) groups excluding carboxylic acids is 1. The Morgan fingerprint density at radius 1 is 1.24 bits per heavy atom. The molecule has 3 rings (SSSR count). The van der Waals surface area contributed by atoms with E-state index in [1.54, 1.807) is 0 Å². The molecule has 1 aliphatic heterocycles. The Bertz CT molecular complexity index is 751. The molecule has 2 fully saturated rings. The second kappa shape index (κ2) is 7.64. The van der Waals surface area contributed by atoms with Crippen LogP contribution >= 0.6 is 11.6 Å². The van der Waals surface area contributed by atoms with Crippen LogP contribution in [-0.4, -0.2) is 45.1 Å². The van der Waals surface area contributed by atoms with Crippen LogP contribution in [0.5, 0.6) is 0 Å². The Kier molecular flexibility index (Phi) is 5.71. The van der Waals surface area contributed by atoms with Crippen molar-refractivity contribution in [1.82, 2.24) is 4.90 Å². The van der Waals surface area contributed by atoms with Crippen LogP contribution in [0.3, 0.4) is 0 Å². The van der Waals surface area contributed by atoms with E-state index < -0.39 is 9.84 Å². The van der Waals surface area contributed by atoms with Crippen molar-refractivity contribution in [3.8, 4) is 0 Å². The summed E-state index contributed by atoms with van der Waals surface area (Å²) in [6.45, 7) is 2.25. The second-order valence-electron chi connectivity index (χ2n) is 7.29. The number of anilines is 1. The first-order chi connectivity index (χ1) is 11.8. The van der Waals surface area contributed by atoms with Crippen LogP contribution in [-0.2, 0) is 14.6 Å². The highest BCUT2D eigenvalue weighted by atomic mass is 35.5. The molecule has 7 heteroatoms. The molecule has 2 atom stereocenters. The SMILES string of the molecule is CS(=O)(=O)c1ccc(Cl)c(NC(=O)CN2CCC3CCCCC3C2)c1. The Labute approximate surface area is 154 Å². The smallest absolute Gasteiger partial charge is 0.238 e. The lowest BCUT2D eigenvalue weighted by atomic mass is 9.75. The molecule has 1 heterocycles. The number of nitrogens with one attached hydrogen (secondary N) is 1. The van der Waals surface area contributed by atoms with E-state index in [-0.39, 0.29) is 10.8 Å². The number of hydrogen-bond acceptors (Lipinski definition) is 4. The number of fused-ring (bicyclic) bond motifs is 1. The van der Waals surface area contributed by atoms with E-state index in [0.29, 0.717) is 23.2 Å². The molecule has 2 unspecified atom stereocenters. The molecule has 0 radical (unpaired) electrons. The van der Waals surface area contributed by atoms with Gasteiger partial charge in [0.25, 0.3) is 0 Å². The van der Waals surface area contributed by atoms with Gasteiger partial charge in [-0.2, -0.15) is 0 Å². The zero-order valence-electron chi connectivity index (χ0n) is 14.5. The third-order valence-corrected chi connectivity index (χ3v) is 6.82. The van der Waals surface area contributed by atoms with Gasteiger partial charge in [-0.1, -0.05) is 30.9 Å². The molecule has 25 heavy (non-hydrogen) atoms. The molecule has 0 bridgehead atoms. The maximum absolute atomic E-state index is 12.4. The quantitative estimate of drug-likeness (QED) is 0.865. The Morgan fingerprint density at radius 2 is 1.96 bits per heavy atom. The summed E-state index contributed by atoms with van der Waals surface area (Å²) in [4.78, 5) is 14.7. The molecule has 1 amide bonds. The van der Waals surface area contributed by atoms with Gasteiger partial charge in [-0.15, -0.1) is 0 Å². The van der Waals surface area contributed by atoms with Gasteiger partial charge in [0.1, 0.15) is 0 Å². The van der Waals surface area contributed by atoms with Crippen LogP contribution in [0.4, 0.5) is 5.69 Å². The number of nitrogens with zero attached hydrogens (tertiary/aromatic N) is 1. The van der Waals surface area contributed by atoms with Gasteiger partial charge in [0, 0.05) is 12.8 Å². The van der Waals surface area contributed by atoms with Gasteiger partial charge < -0.3 is 5.32 Å². The third-order valence-electron chi connectivity index (χ3n) is 5.38. The molecule has 1 saturated heterocycles. The Balaban J connectivity index is 1.61. The molecular weight excluding hydrogens is 360 g/mol. The molecular formula is C18H25ClN2O3S. The lowest BCUT2D eigenvalue weighted by molar-refractivity contribution is -0.118. The van der Waals surface area contributed by atoms with Crippen molar-refractivity contribution in [3.63, 3.8) is 0 Å². The Hall–Kier alpha value is -1.11. The largest absolute Gasteiger partial charge is 0.324 e. The van der Waals surface area contributed by atoms with Gasteiger partial charge >= 0.3 is 0 Å². The van der Waals surface area contributed by atoms with E-state index in [9.17, 15) is 13.2 Å². The first-order valence-corrected chi connectivity index (χ1v) is 11.1. The van der Waals surface area contributed by atoms with Crippen molar-refractivity contribution in [1.29, 1.82) is 0 Å². The maximum Gasteiger partial charge on any atom is 0.238 e. The average molecular weight is 385 g/mol. The summed E-state index contributed by atoms with van der Waals surface area (Å²) in [5.41, 5.74) is 0.349. The zero-order chi connectivity index (χ0) is 18.0. The summed E-state index contributed by atoms with van der Waals surface area (Å²) in [6, 6.07) is 4.37. The van der Waals surface area contributed by atoms with E-state index in [4.69, 9.17) is 11.6 Å². The number of sulfone groups is 1. The standard InChI is InChI=1S/C18H25ClN2O3S/c1-25(23,24)15-6-7-16(19)17(10-15)20-18(22)12-21-9-8-13-4-2-3-5-14(13)11-21/h6-7,10,13-14H,2-5,8-9,11-12H2,1H3,(H,20,22). The topological polar surface area (TPSA) is 66.5 Å². The molecule has 2 aliphatic rings. The Morgan fingerprint density at radius 3 is 2.68 bits per heavy atom. The fraction of sp³-hybridized carbons (Fsp3) is 0.611. The number of halogens is 1. The van der Waals surface area contributed by atoms with Gasteiger partial charge in [0.15, 0.2) is 9.84 Å². The van der Waals surface area contributed by atoms with Crippen molar-refractivity contribution in [2.45, 2.75) is 37.0 Å². The van der Waals surface area contributed by atoms with E-state index in [2.05, 4.69) is 10.2 Å². The van der Waals surface area contributed by atoms with Gasteiger partial charge in [-0.3, -0.25) is 9.69 Å². The van der Waals surface area contributed by atoms with Crippen molar-refractivity contribution in [3.05, 3.63) is 23.2 Å². The predicted octanol–water partition coefficient (Wildman–Crippen LogP) is 3.19. The van der Waals surface area contributed by atoms with Crippen molar-refractivity contribution >= 4 is 33.0 Å². The van der Waals surface area contributed by atoms with Crippen molar-refractivity contribution < 1.29 is 13.2 Å². The zero-order valence-corrected chi connectivity index (χ0v) is 16.1. The molecule has 1 N–H and O–H groups in total. The van der Waals surface area contributed by atoms with Gasteiger partial charge in [-0.25, -0.2) is 8.42 Å². The number of likely N-dealkylation sites (tertiary alicyclic amines) is 1. The van der Waals surface area contributed by atoms with Crippen molar-refractivity contribution in [2.24, 2.45) is 11.8 Å². The molecule has 1 aromatic rings. The predicted molar refractivity (Wildman–Crippen MR) is 99.7 cm³/mol. The van der Waals surface area contributed by atoms with E-state index in [0.717, 1.165) is 25.3 Å². The minimum absolute atomic E-state index is 0.148. The number of piperidine rings is 1. The minimum Gasteiger partial charge on any atom is -0.324 e. The fourth-order valence-corrected chi connectivity index (χ4v) is 4.86. The third kappa shape index (κ3) is 4.74. The summed E-state index contributed by atoms with van der Waals surface area (Å²) < 4.78 is 23.3.